The minimum atomic E-state index is -4.49. The summed E-state index contributed by atoms with van der Waals surface area (Å²) in [5.41, 5.74) is 0.857. The predicted octanol–water partition coefficient (Wildman–Crippen LogP) is 3.92. The number of halogens is 3. The van der Waals surface area contributed by atoms with E-state index < -0.39 is 11.9 Å². The van der Waals surface area contributed by atoms with Crippen LogP contribution in [0.3, 0.4) is 0 Å². The van der Waals surface area contributed by atoms with Crippen molar-refractivity contribution in [2.45, 2.75) is 58.4 Å². The Morgan fingerprint density at radius 1 is 1.11 bits per heavy atom. The number of alkyl halides is 3. The second-order valence-corrected chi connectivity index (χ2v) is 10.2. The second-order valence-electron chi connectivity index (χ2n) is 10.2. The second kappa shape index (κ2) is 8.53. The lowest BCUT2D eigenvalue weighted by Crippen LogP contribution is -2.58. The molecule has 0 aromatic carbocycles. The van der Waals surface area contributed by atoms with E-state index in [4.69, 9.17) is 14.8 Å². The van der Waals surface area contributed by atoms with Crippen molar-refractivity contribution < 1.29 is 17.9 Å². The molecule has 3 aliphatic rings. The Bertz CT molecular complexity index is 1280. The van der Waals surface area contributed by atoms with E-state index in [2.05, 4.69) is 26.8 Å². The maximum atomic E-state index is 13.2. The zero-order valence-electron chi connectivity index (χ0n) is 20.4. The highest BCUT2D eigenvalue weighted by Crippen LogP contribution is 2.43. The normalized spacial score (nSPS) is 22.0. The molecule has 0 radical (unpaired) electrons. The number of fused-ring (bicyclic) bond motifs is 1. The summed E-state index contributed by atoms with van der Waals surface area (Å²) in [6.07, 6.45) is 2.07. The van der Waals surface area contributed by atoms with E-state index in [1.807, 2.05) is 15.8 Å². The van der Waals surface area contributed by atoms with Gasteiger partial charge in [0.2, 0.25) is 5.95 Å². The highest BCUT2D eigenvalue weighted by molar-refractivity contribution is 5.78. The molecule has 1 atom stereocenters. The summed E-state index contributed by atoms with van der Waals surface area (Å²) in [4.78, 5) is 21.5. The summed E-state index contributed by atoms with van der Waals surface area (Å²) in [6, 6.07) is 1.05. The highest BCUT2D eigenvalue weighted by Gasteiger charge is 2.49. The largest absolute Gasteiger partial charge is 0.433 e. The number of hydrogen-bond acceptors (Lipinski definition) is 8. The summed E-state index contributed by atoms with van der Waals surface area (Å²) < 4.78 is 47.5. The van der Waals surface area contributed by atoms with Gasteiger partial charge in [-0.25, -0.2) is 19.6 Å². The van der Waals surface area contributed by atoms with Crippen LogP contribution in [-0.2, 0) is 17.3 Å². The third kappa shape index (κ3) is 4.04. The number of rotatable bonds is 4. The summed E-state index contributed by atoms with van der Waals surface area (Å²) in [5.74, 6) is 1.12. The molecule has 0 aliphatic carbocycles. The van der Waals surface area contributed by atoms with Crippen molar-refractivity contribution in [3.63, 3.8) is 0 Å². The van der Waals surface area contributed by atoms with Crippen LogP contribution < -0.4 is 9.80 Å². The van der Waals surface area contributed by atoms with Crippen molar-refractivity contribution in [2.24, 2.45) is 5.41 Å². The predicted molar refractivity (Wildman–Crippen MR) is 127 cm³/mol. The van der Waals surface area contributed by atoms with Crippen LogP contribution in [0, 0.1) is 12.3 Å². The number of hydrogen-bond donors (Lipinski definition) is 0. The fourth-order valence-electron chi connectivity index (χ4n) is 5.65. The van der Waals surface area contributed by atoms with Crippen molar-refractivity contribution in [1.29, 1.82) is 0 Å². The van der Waals surface area contributed by atoms with Gasteiger partial charge < -0.3 is 14.5 Å². The smallest absolute Gasteiger partial charge is 0.356 e. The van der Waals surface area contributed by atoms with E-state index in [0.717, 1.165) is 74.6 Å². The molecule has 3 aliphatic heterocycles. The molecule has 192 valence electrons. The lowest BCUT2D eigenvalue weighted by Gasteiger charge is -2.48. The number of aryl methyl sites for hydroxylation is 2. The molecule has 9 nitrogen and oxygen atoms in total. The highest BCUT2D eigenvalue weighted by atomic mass is 19.4. The topological polar surface area (TPSA) is 85.1 Å². The fraction of sp³-hybridized carbons (Fsp3) is 0.625. The zero-order chi connectivity index (χ0) is 25.1. The van der Waals surface area contributed by atoms with Gasteiger partial charge in [0.15, 0.2) is 11.9 Å². The van der Waals surface area contributed by atoms with Crippen LogP contribution in [0.25, 0.3) is 11.0 Å². The Morgan fingerprint density at radius 3 is 2.64 bits per heavy atom. The lowest BCUT2D eigenvalue weighted by atomic mass is 9.79. The van der Waals surface area contributed by atoms with Gasteiger partial charge in [-0.1, -0.05) is 6.92 Å². The standard InChI is InChI=1S/C24H29F3N8O/c1-3-17-16-11-28-22(31-21(16)35(32-17)20-6-4-5-9-36-20)33-8-7-23(12-33)13-34(14-23)19-10-18(24(25,26)27)29-15(2)30-19/h10-11,20H,3-9,12-14H2,1-2H3. The molecule has 1 unspecified atom stereocenters. The van der Waals surface area contributed by atoms with Crippen LogP contribution in [0.2, 0.25) is 0 Å². The molecule has 3 aromatic rings. The molecule has 0 amide bonds. The number of ether oxygens (including phenoxy) is 1. The molecule has 36 heavy (non-hydrogen) atoms. The minimum absolute atomic E-state index is 0.0170. The van der Waals surface area contributed by atoms with Gasteiger partial charge >= 0.3 is 6.18 Å². The number of aromatic nitrogens is 6. The SMILES string of the molecule is CCc1nn(C2CCCCO2)c2nc(N3CCC4(CN(c5cc(C(F)(F)F)nc(C)n5)C4)C3)ncc12. The van der Waals surface area contributed by atoms with Crippen molar-refractivity contribution in [2.75, 3.05) is 42.6 Å². The van der Waals surface area contributed by atoms with E-state index in [-0.39, 0.29) is 17.5 Å². The van der Waals surface area contributed by atoms with Crippen molar-refractivity contribution in [1.82, 2.24) is 29.7 Å². The molecule has 6 rings (SSSR count). The quantitative estimate of drug-likeness (QED) is 0.531. The number of anilines is 2. The first-order valence-electron chi connectivity index (χ1n) is 12.5. The fourth-order valence-corrected chi connectivity index (χ4v) is 5.65. The van der Waals surface area contributed by atoms with E-state index in [0.29, 0.717) is 24.9 Å². The third-order valence-corrected chi connectivity index (χ3v) is 7.49. The number of nitrogens with zero attached hydrogens (tertiary/aromatic N) is 8. The van der Waals surface area contributed by atoms with Gasteiger partial charge in [-0.15, -0.1) is 0 Å². The van der Waals surface area contributed by atoms with Gasteiger partial charge in [0.25, 0.3) is 0 Å². The van der Waals surface area contributed by atoms with E-state index >= 15 is 0 Å². The molecular weight excluding hydrogens is 473 g/mol. The lowest BCUT2D eigenvalue weighted by molar-refractivity contribution is -0.141. The Kier molecular flexibility index (Phi) is 5.54. The van der Waals surface area contributed by atoms with Crippen LogP contribution in [0.5, 0.6) is 0 Å². The Morgan fingerprint density at radius 2 is 1.92 bits per heavy atom. The van der Waals surface area contributed by atoms with Crippen molar-refractivity contribution in [3.05, 3.63) is 29.5 Å². The zero-order valence-corrected chi connectivity index (χ0v) is 20.4. The van der Waals surface area contributed by atoms with Crippen LogP contribution >= 0.6 is 0 Å². The van der Waals surface area contributed by atoms with E-state index in [1.165, 1.54) is 6.92 Å². The van der Waals surface area contributed by atoms with E-state index in [1.54, 1.807) is 0 Å². The first-order chi connectivity index (χ1) is 17.2. The molecule has 3 saturated heterocycles. The van der Waals surface area contributed by atoms with Gasteiger partial charge in [0.05, 0.1) is 11.1 Å². The Hall–Kier alpha value is -3.02. The van der Waals surface area contributed by atoms with Crippen LogP contribution in [0.1, 0.15) is 56.0 Å². The Labute approximate surface area is 206 Å². The van der Waals surface area contributed by atoms with E-state index in [9.17, 15) is 13.2 Å². The van der Waals surface area contributed by atoms with Crippen LogP contribution in [0.15, 0.2) is 12.3 Å². The molecule has 6 heterocycles. The van der Waals surface area contributed by atoms with Crippen LogP contribution in [0.4, 0.5) is 24.9 Å². The van der Waals surface area contributed by atoms with Gasteiger partial charge in [-0.2, -0.15) is 23.3 Å². The Balaban J connectivity index is 1.20. The molecule has 0 bridgehead atoms. The van der Waals surface area contributed by atoms with Gasteiger partial charge in [0.1, 0.15) is 17.3 Å². The third-order valence-electron chi connectivity index (χ3n) is 7.49. The molecule has 0 saturated carbocycles. The van der Waals surface area contributed by atoms with Crippen LogP contribution in [-0.4, -0.2) is 62.5 Å². The first kappa shape index (κ1) is 23.4. The molecule has 12 heteroatoms. The maximum Gasteiger partial charge on any atom is 0.433 e. The first-order valence-corrected chi connectivity index (χ1v) is 12.5. The average Bonchev–Trinajstić information content (AvgIpc) is 3.45. The summed E-state index contributed by atoms with van der Waals surface area (Å²) in [5, 5.41) is 5.76. The molecule has 3 aromatic heterocycles. The summed E-state index contributed by atoms with van der Waals surface area (Å²) in [7, 11) is 0. The van der Waals surface area contributed by atoms with Gasteiger partial charge in [0, 0.05) is 50.5 Å². The minimum Gasteiger partial charge on any atom is -0.356 e. The molecule has 1 spiro atoms. The summed E-state index contributed by atoms with van der Waals surface area (Å²) in [6.45, 7) is 7.13. The molecule has 0 N–H and O–H groups in total. The monoisotopic (exact) mass is 502 g/mol. The van der Waals surface area contributed by atoms with Gasteiger partial charge in [-0.3, -0.25) is 0 Å². The average molecular weight is 503 g/mol. The summed E-state index contributed by atoms with van der Waals surface area (Å²) >= 11 is 0. The molecular formula is C24H29F3N8O. The maximum absolute atomic E-state index is 13.2. The van der Waals surface area contributed by atoms with Gasteiger partial charge in [-0.05, 0) is 39.0 Å². The molecule has 3 fully saturated rings. The van der Waals surface area contributed by atoms with Crippen molar-refractivity contribution in [3.8, 4) is 0 Å². The van der Waals surface area contributed by atoms with Crippen molar-refractivity contribution >= 4 is 22.8 Å².